The summed E-state index contributed by atoms with van der Waals surface area (Å²) in [4.78, 5) is 14.8. The summed E-state index contributed by atoms with van der Waals surface area (Å²) >= 11 is 0. The molecule has 1 rings (SSSR count). The summed E-state index contributed by atoms with van der Waals surface area (Å²) in [5.74, 6) is -0.664. The fourth-order valence-corrected chi connectivity index (χ4v) is 3.32. The maximum atomic E-state index is 10.4. The van der Waals surface area contributed by atoms with Gasteiger partial charge in [-0.05, 0) is 25.5 Å². The quantitative estimate of drug-likeness (QED) is 0.410. The van der Waals surface area contributed by atoms with Crippen LogP contribution in [0.1, 0.15) is 83.5 Å². The smallest absolute Gasteiger partial charge is 0.303 e. The molecule has 0 aliphatic carbocycles. The van der Waals surface area contributed by atoms with Gasteiger partial charge in [0, 0.05) is 25.9 Å². The van der Waals surface area contributed by atoms with Crippen LogP contribution in [-0.2, 0) is 4.79 Å². The summed E-state index contributed by atoms with van der Waals surface area (Å²) in [6.45, 7) is 3.87. The predicted octanol–water partition coefficient (Wildman–Crippen LogP) is 5.33. The molecule has 0 aromatic carbocycles. The Hall–Kier alpha value is -1.45. The van der Waals surface area contributed by atoms with Crippen LogP contribution in [0.2, 0.25) is 0 Å². The molecule has 1 heterocycles. The molecule has 0 spiro atoms. The molecule has 1 N–H and O–H groups in total. The molecule has 0 bridgehead atoms. The van der Waals surface area contributed by atoms with Crippen molar-refractivity contribution in [1.29, 1.82) is 0 Å². The maximum absolute atomic E-state index is 10.4. The van der Waals surface area contributed by atoms with Crippen molar-refractivity contribution in [2.45, 2.75) is 89.6 Å². The minimum Gasteiger partial charge on any atom is -0.481 e. The highest BCUT2D eigenvalue weighted by Gasteiger charge is 2.20. The van der Waals surface area contributed by atoms with Crippen molar-refractivity contribution >= 4 is 5.97 Å². The van der Waals surface area contributed by atoms with Crippen LogP contribution in [0.5, 0.6) is 0 Å². The lowest BCUT2D eigenvalue weighted by atomic mass is 10.0. The van der Waals surface area contributed by atoms with Crippen LogP contribution in [0, 0.1) is 0 Å². The van der Waals surface area contributed by atoms with Gasteiger partial charge in [-0.3, -0.25) is 4.79 Å². The molecule has 1 unspecified atom stereocenters. The Bertz CT molecular complexity index is 382. The summed E-state index contributed by atoms with van der Waals surface area (Å²) in [6, 6.07) is 0. The molecular formula is C20H36N2O2. The highest BCUT2D eigenvalue weighted by atomic mass is 16.4. The van der Waals surface area contributed by atoms with Crippen molar-refractivity contribution in [1.82, 2.24) is 9.80 Å². The number of carboxylic acids is 1. The third kappa shape index (κ3) is 8.99. The second-order valence-corrected chi connectivity index (χ2v) is 6.90. The average Bonchev–Trinajstić information content (AvgIpc) is 2.91. The van der Waals surface area contributed by atoms with E-state index >= 15 is 0 Å². The molecule has 24 heavy (non-hydrogen) atoms. The third-order valence-corrected chi connectivity index (χ3v) is 4.85. The first kappa shape index (κ1) is 20.6. The topological polar surface area (TPSA) is 43.8 Å². The second-order valence-electron chi connectivity index (χ2n) is 6.90. The van der Waals surface area contributed by atoms with E-state index in [9.17, 15) is 4.79 Å². The van der Waals surface area contributed by atoms with Crippen LogP contribution in [0.25, 0.3) is 0 Å². The van der Waals surface area contributed by atoms with E-state index in [4.69, 9.17) is 5.11 Å². The Labute approximate surface area is 148 Å². The molecule has 0 saturated heterocycles. The molecule has 138 valence electrons. The van der Waals surface area contributed by atoms with Gasteiger partial charge in [-0.1, -0.05) is 64.4 Å². The van der Waals surface area contributed by atoms with Crippen LogP contribution in [0.3, 0.4) is 0 Å². The first-order valence-electron chi connectivity index (χ1n) is 9.67. The summed E-state index contributed by atoms with van der Waals surface area (Å²) in [5, 5.41) is 8.56. The molecule has 1 aliphatic heterocycles. The van der Waals surface area contributed by atoms with Gasteiger partial charge in [-0.2, -0.15) is 0 Å². The molecule has 4 nitrogen and oxygen atoms in total. The lowest BCUT2D eigenvalue weighted by molar-refractivity contribution is -0.137. The van der Waals surface area contributed by atoms with Crippen LogP contribution in [0.15, 0.2) is 25.2 Å². The number of aliphatic carboxylic acids is 1. The van der Waals surface area contributed by atoms with Gasteiger partial charge in [-0.25, -0.2) is 0 Å². The molecule has 0 saturated carbocycles. The summed E-state index contributed by atoms with van der Waals surface area (Å²) < 4.78 is 0. The number of carbonyl (C=O) groups is 1. The number of rotatable bonds is 15. The lowest BCUT2D eigenvalue weighted by Crippen LogP contribution is -2.33. The normalized spacial score (nSPS) is 16.8. The van der Waals surface area contributed by atoms with E-state index in [1.165, 1.54) is 64.2 Å². The second kappa shape index (κ2) is 12.9. The molecule has 0 amide bonds. The zero-order valence-electron chi connectivity index (χ0n) is 15.5. The molecule has 4 heteroatoms. The fourth-order valence-electron chi connectivity index (χ4n) is 3.32. The van der Waals surface area contributed by atoms with Gasteiger partial charge < -0.3 is 14.9 Å². The minimum atomic E-state index is -0.664. The largest absolute Gasteiger partial charge is 0.481 e. The van der Waals surface area contributed by atoms with Gasteiger partial charge in [0.25, 0.3) is 0 Å². The Balaban J connectivity index is 1.82. The Morgan fingerprint density at radius 1 is 0.958 bits per heavy atom. The van der Waals surface area contributed by atoms with E-state index in [1.807, 2.05) is 6.20 Å². The average molecular weight is 337 g/mol. The zero-order valence-corrected chi connectivity index (χ0v) is 15.5. The first-order chi connectivity index (χ1) is 11.6. The highest BCUT2D eigenvalue weighted by Crippen LogP contribution is 2.20. The van der Waals surface area contributed by atoms with E-state index in [0.717, 1.165) is 12.8 Å². The number of hydrogen-bond acceptors (Lipinski definition) is 3. The number of nitrogens with zero attached hydrogens (tertiary/aromatic N) is 2. The van der Waals surface area contributed by atoms with Crippen molar-refractivity contribution < 1.29 is 9.90 Å². The van der Waals surface area contributed by atoms with E-state index in [0.29, 0.717) is 12.6 Å². The van der Waals surface area contributed by atoms with Crippen LogP contribution in [0.4, 0.5) is 0 Å². The van der Waals surface area contributed by atoms with Gasteiger partial charge in [0.05, 0.1) is 0 Å². The number of carboxylic acid groups (broad SMARTS) is 1. The van der Waals surface area contributed by atoms with Gasteiger partial charge in [0.1, 0.15) is 6.17 Å². The molecule has 1 atom stereocenters. The van der Waals surface area contributed by atoms with Crippen molar-refractivity contribution in [3.8, 4) is 0 Å². The molecular weight excluding hydrogens is 300 g/mol. The monoisotopic (exact) mass is 336 g/mol. The Kier molecular flexibility index (Phi) is 11.1. The summed E-state index contributed by atoms with van der Waals surface area (Å²) in [6.07, 6.45) is 21.8. The van der Waals surface area contributed by atoms with E-state index in [2.05, 4.69) is 35.8 Å². The minimum absolute atomic E-state index is 0.331. The van der Waals surface area contributed by atoms with E-state index in [1.54, 1.807) is 0 Å². The van der Waals surface area contributed by atoms with Crippen molar-refractivity contribution in [2.24, 2.45) is 0 Å². The van der Waals surface area contributed by atoms with Crippen molar-refractivity contribution in [3.63, 3.8) is 0 Å². The van der Waals surface area contributed by atoms with Crippen molar-refractivity contribution in [2.75, 3.05) is 7.05 Å². The Morgan fingerprint density at radius 2 is 1.46 bits per heavy atom. The van der Waals surface area contributed by atoms with Crippen LogP contribution in [-0.4, -0.2) is 34.1 Å². The van der Waals surface area contributed by atoms with Crippen LogP contribution < -0.4 is 0 Å². The molecule has 0 aromatic rings. The van der Waals surface area contributed by atoms with Gasteiger partial charge >= 0.3 is 5.97 Å². The van der Waals surface area contributed by atoms with Gasteiger partial charge in [0.2, 0.25) is 0 Å². The lowest BCUT2D eigenvalue weighted by Gasteiger charge is -2.27. The predicted molar refractivity (Wildman–Crippen MR) is 100 cm³/mol. The van der Waals surface area contributed by atoms with Crippen LogP contribution >= 0.6 is 0 Å². The fraction of sp³-hybridized carbons (Fsp3) is 0.750. The number of unbranched alkanes of at least 4 members (excludes halogenated alkanes) is 10. The Morgan fingerprint density at radius 3 is 1.96 bits per heavy atom. The van der Waals surface area contributed by atoms with Crippen molar-refractivity contribution in [3.05, 3.63) is 25.2 Å². The van der Waals surface area contributed by atoms with E-state index in [-0.39, 0.29) is 0 Å². The first-order valence-corrected chi connectivity index (χ1v) is 9.67. The van der Waals surface area contributed by atoms with Gasteiger partial charge in [-0.15, -0.1) is 0 Å². The van der Waals surface area contributed by atoms with Gasteiger partial charge in [0.15, 0.2) is 0 Å². The molecule has 0 radical (unpaired) electrons. The standard InChI is InChI=1S/C20H36N2O2/c1-3-22-18-17-21(2)19(22)15-13-11-9-7-5-4-6-8-10-12-14-16-20(23)24/h3,17-19H,1,4-16H2,2H3,(H,23,24). The number of hydrogen-bond donors (Lipinski definition) is 1. The summed E-state index contributed by atoms with van der Waals surface area (Å²) in [5.41, 5.74) is 0. The zero-order chi connectivity index (χ0) is 17.6. The molecule has 0 fully saturated rings. The molecule has 1 aliphatic rings. The highest BCUT2D eigenvalue weighted by molar-refractivity contribution is 5.66. The summed E-state index contributed by atoms with van der Waals surface area (Å²) in [7, 11) is 2.13. The maximum Gasteiger partial charge on any atom is 0.303 e. The van der Waals surface area contributed by atoms with E-state index < -0.39 is 5.97 Å². The molecule has 0 aromatic heterocycles. The third-order valence-electron chi connectivity index (χ3n) is 4.85. The SMILES string of the molecule is C=CN1C=CN(C)C1CCCCCCCCCCCCCC(=O)O.